The highest BCUT2D eigenvalue weighted by Gasteiger charge is 2.27. The molecule has 6 nitrogen and oxygen atoms in total. The summed E-state index contributed by atoms with van der Waals surface area (Å²) in [4.78, 5) is 9.57. The van der Waals surface area contributed by atoms with Gasteiger partial charge in [-0.05, 0) is 32.4 Å². The zero-order valence-corrected chi connectivity index (χ0v) is 15.5. The topological polar surface area (TPSA) is 57.4 Å². The van der Waals surface area contributed by atoms with Crippen LogP contribution in [0.4, 0.5) is 0 Å². The molecule has 25 heavy (non-hydrogen) atoms. The molecular weight excluding hydrogens is 314 g/mol. The summed E-state index contributed by atoms with van der Waals surface area (Å²) in [5.74, 6) is 0. The van der Waals surface area contributed by atoms with Crippen LogP contribution in [0.25, 0.3) is 0 Å². The van der Waals surface area contributed by atoms with Crippen molar-refractivity contribution in [2.75, 3.05) is 26.2 Å². The minimum Gasteiger partial charge on any atom is -0.396 e. The summed E-state index contributed by atoms with van der Waals surface area (Å²) in [6.07, 6.45) is 2.77. The van der Waals surface area contributed by atoms with E-state index in [2.05, 4.69) is 38.9 Å². The van der Waals surface area contributed by atoms with Gasteiger partial charge in [0.15, 0.2) is 0 Å². The van der Waals surface area contributed by atoms with E-state index in [0.717, 1.165) is 50.5 Å². The second-order valence-corrected chi connectivity index (χ2v) is 7.02. The maximum Gasteiger partial charge on any atom is 0.0547 e. The average molecular weight is 343 g/mol. The van der Waals surface area contributed by atoms with Crippen LogP contribution in [0.2, 0.25) is 0 Å². The molecule has 2 aromatic heterocycles. The predicted molar refractivity (Wildman–Crippen MR) is 98.1 cm³/mol. The van der Waals surface area contributed by atoms with Gasteiger partial charge < -0.3 is 5.11 Å². The van der Waals surface area contributed by atoms with Crippen LogP contribution in [-0.4, -0.2) is 62.0 Å². The molecule has 0 bridgehead atoms. The van der Waals surface area contributed by atoms with E-state index in [0.29, 0.717) is 6.04 Å². The van der Waals surface area contributed by atoms with Gasteiger partial charge in [-0.2, -0.15) is 5.10 Å². The maximum atomic E-state index is 9.50. The molecule has 0 saturated carbocycles. The van der Waals surface area contributed by atoms with E-state index in [-0.39, 0.29) is 6.61 Å². The molecule has 0 aromatic carbocycles. The zero-order chi connectivity index (χ0) is 17.8. The molecule has 1 unspecified atom stereocenters. The molecule has 3 rings (SSSR count). The molecule has 6 heteroatoms. The molecular formula is C19H29N5O. The van der Waals surface area contributed by atoms with E-state index in [4.69, 9.17) is 0 Å². The highest BCUT2D eigenvalue weighted by molar-refractivity contribution is 5.16. The number of aryl methyl sites for hydroxylation is 2. The fourth-order valence-electron chi connectivity index (χ4n) is 3.57. The van der Waals surface area contributed by atoms with Crippen LogP contribution in [0.5, 0.6) is 0 Å². The second kappa shape index (κ2) is 8.08. The number of piperazine rings is 1. The van der Waals surface area contributed by atoms with Crippen molar-refractivity contribution < 1.29 is 5.11 Å². The SMILES string of the molecule is Cc1cccc(CN2CCN(Cc3cnn(C)c3C)CC2CCO)n1. The highest BCUT2D eigenvalue weighted by atomic mass is 16.3. The Balaban J connectivity index is 1.64. The van der Waals surface area contributed by atoms with Crippen molar-refractivity contribution in [2.45, 2.75) is 39.4 Å². The fraction of sp³-hybridized carbons (Fsp3) is 0.579. The van der Waals surface area contributed by atoms with Crippen molar-refractivity contribution in [1.82, 2.24) is 24.6 Å². The number of aromatic nitrogens is 3. The number of hydrogen-bond acceptors (Lipinski definition) is 5. The number of pyridine rings is 1. The molecule has 0 radical (unpaired) electrons. The van der Waals surface area contributed by atoms with Crippen LogP contribution >= 0.6 is 0 Å². The highest BCUT2D eigenvalue weighted by Crippen LogP contribution is 2.19. The fourth-order valence-corrected chi connectivity index (χ4v) is 3.57. The lowest BCUT2D eigenvalue weighted by atomic mass is 10.1. The molecule has 1 fully saturated rings. The van der Waals surface area contributed by atoms with E-state index in [1.54, 1.807) is 0 Å². The molecule has 3 heterocycles. The number of hydrogen-bond donors (Lipinski definition) is 1. The summed E-state index contributed by atoms with van der Waals surface area (Å²) >= 11 is 0. The van der Waals surface area contributed by atoms with Gasteiger partial charge in [0, 0.05) is 69.4 Å². The quantitative estimate of drug-likeness (QED) is 0.861. The van der Waals surface area contributed by atoms with Crippen LogP contribution in [0, 0.1) is 13.8 Å². The third-order valence-corrected chi connectivity index (χ3v) is 5.19. The largest absolute Gasteiger partial charge is 0.396 e. The third kappa shape index (κ3) is 4.45. The molecule has 0 amide bonds. The second-order valence-electron chi connectivity index (χ2n) is 7.02. The normalized spacial score (nSPS) is 19.4. The standard InChI is InChI=1S/C19H29N5O/c1-15-5-4-6-18(21-15)13-24-9-8-23(14-19(24)7-10-25)12-17-11-20-22(3)16(17)2/h4-6,11,19,25H,7-10,12-14H2,1-3H3. The average Bonchev–Trinajstić information content (AvgIpc) is 2.90. The first-order valence-corrected chi connectivity index (χ1v) is 9.04. The monoisotopic (exact) mass is 343 g/mol. The molecule has 2 aromatic rings. The van der Waals surface area contributed by atoms with Gasteiger partial charge >= 0.3 is 0 Å². The lowest BCUT2D eigenvalue weighted by molar-refractivity contribution is 0.0490. The maximum absolute atomic E-state index is 9.50. The lowest BCUT2D eigenvalue weighted by Crippen LogP contribution is -2.52. The predicted octanol–water partition coefficient (Wildman–Crippen LogP) is 1.50. The number of aliphatic hydroxyl groups excluding tert-OH is 1. The van der Waals surface area contributed by atoms with Crippen molar-refractivity contribution in [3.63, 3.8) is 0 Å². The summed E-state index contributed by atoms with van der Waals surface area (Å²) in [5.41, 5.74) is 4.69. The van der Waals surface area contributed by atoms with Crippen LogP contribution in [0.15, 0.2) is 24.4 Å². The van der Waals surface area contributed by atoms with Crippen molar-refractivity contribution in [2.24, 2.45) is 7.05 Å². The molecule has 1 aliphatic heterocycles. The van der Waals surface area contributed by atoms with Gasteiger partial charge in [-0.1, -0.05) is 6.07 Å². The van der Waals surface area contributed by atoms with E-state index in [1.807, 2.05) is 30.9 Å². The molecule has 1 atom stereocenters. The summed E-state index contributed by atoms with van der Waals surface area (Å²) < 4.78 is 1.93. The van der Waals surface area contributed by atoms with Crippen molar-refractivity contribution in [3.05, 3.63) is 47.0 Å². The van der Waals surface area contributed by atoms with Gasteiger partial charge in [0.05, 0.1) is 11.9 Å². The van der Waals surface area contributed by atoms with Gasteiger partial charge in [0.1, 0.15) is 0 Å². The van der Waals surface area contributed by atoms with Crippen molar-refractivity contribution >= 4 is 0 Å². The Morgan fingerprint density at radius 1 is 1.20 bits per heavy atom. The lowest BCUT2D eigenvalue weighted by Gasteiger charge is -2.41. The number of nitrogens with zero attached hydrogens (tertiary/aromatic N) is 5. The van der Waals surface area contributed by atoms with Crippen LogP contribution in [-0.2, 0) is 20.1 Å². The van der Waals surface area contributed by atoms with E-state index < -0.39 is 0 Å². The summed E-state index contributed by atoms with van der Waals surface area (Å²) in [6.45, 7) is 9.16. The summed E-state index contributed by atoms with van der Waals surface area (Å²) in [5, 5.41) is 13.8. The van der Waals surface area contributed by atoms with E-state index >= 15 is 0 Å². The summed E-state index contributed by atoms with van der Waals surface area (Å²) in [7, 11) is 1.99. The van der Waals surface area contributed by atoms with Crippen LogP contribution < -0.4 is 0 Å². The van der Waals surface area contributed by atoms with Crippen molar-refractivity contribution in [1.29, 1.82) is 0 Å². The Morgan fingerprint density at radius 3 is 2.72 bits per heavy atom. The van der Waals surface area contributed by atoms with Crippen LogP contribution in [0.3, 0.4) is 0 Å². The van der Waals surface area contributed by atoms with Crippen LogP contribution in [0.1, 0.15) is 29.1 Å². The first-order chi connectivity index (χ1) is 12.1. The van der Waals surface area contributed by atoms with E-state index in [9.17, 15) is 5.11 Å². The molecule has 1 aliphatic rings. The zero-order valence-electron chi connectivity index (χ0n) is 15.5. The molecule has 0 spiro atoms. The minimum absolute atomic E-state index is 0.224. The molecule has 136 valence electrons. The Morgan fingerprint density at radius 2 is 2.04 bits per heavy atom. The molecule has 1 saturated heterocycles. The molecule has 1 N–H and O–H groups in total. The first kappa shape index (κ1) is 18.0. The van der Waals surface area contributed by atoms with Gasteiger partial charge in [0.25, 0.3) is 0 Å². The smallest absolute Gasteiger partial charge is 0.0547 e. The summed E-state index contributed by atoms with van der Waals surface area (Å²) in [6, 6.07) is 6.55. The first-order valence-electron chi connectivity index (χ1n) is 9.04. The number of rotatable bonds is 6. The van der Waals surface area contributed by atoms with Crippen molar-refractivity contribution in [3.8, 4) is 0 Å². The van der Waals surface area contributed by atoms with Gasteiger partial charge in [-0.3, -0.25) is 19.5 Å². The van der Waals surface area contributed by atoms with Gasteiger partial charge in [0.2, 0.25) is 0 Å². The number of aliphatic hydroxyl groups is 1. The Kier molecular flexibility index (Phi) is 5.83. The van der Waals surface area contributed by atoms with E-state index in [1.165, 1.54) is 11.3 Å². The Bertz CT molecular complexity index is 699. The minimum atomic E-state index is 0.224. The van der Waals surface area contributed by atoms with Gasteiger partial charge in [-0.25, -0.2) is 0 Å². The molecule has 0 aliphatic carbocycles. The Labute approximate surface area is 150 Å². The van der Waals surface area contributed by atoms with Gasteiger partial charge in [-0.15, -0.1) is 0 Å². The third-order valence-electron chi connectivity index (χ3n) is 5.19. The Hall–Kier alpha value is -1.76.